The van der Waals surface area contributed by atoms with Crippen molar-refractivity contribution in [2.24, 2.45) is 42.3 Å². The predicted octanol–water partition coefficient (Wildman–Crippen LogP) is 20.5. The number of hydrogen-bond acceptors (Lipinski definition) is 0. The van der Waals surface area contributed by atoms with E-state index in [1.54, 1.807) is 0 Å². The van der Waals surface area contributed by atoms with Gasteiger partial charge in [-0.05, 0) is 227 Å². The lowest BCUT2D eigenvalue weighted by atomic mass is 9.98. The summed E-state index contributed by atoms with van der Waals surface area (Å²) in [4.78, 5) is 0. The second-order valence-corrected chi connectivity index (χ2v) is 29.4. The Morgan fingerprint density at radius 3 is 0.716 bits per heavy atom. The van der Waals surface area contributed by atoms with Gasteiger partial charge >= 0.3 is 0 Å². The zero-order valence-electron chi connectivity index (χ0n) is 68.0. The maximum Gasteiger partial charge on any atom is 0.215 e. The smallest absolute Gasteiger partial charge is 0.199 e. The summed E-state index contributed by atoms with van der Waals surface area (Å²) in [5, 5.41) is 0. The lowest BCUT2D eigenvalue weighted by Gasteiger charge is -2.10. The van der Waals surface area contributed by atoms with Crippen molar-refractivity contribution in [2.75, 3.05) is 0 Å². The Morgan fingerprint density at radius 2 is 0.422 bits per heavy atom. The van der Waals surface area contributed by atoms with Gasteiger partial charge in [-0.2, -0.15) is 27.4 Å². The average Bonchev–Trinajstić information content (AvgIpc) is 1.07. The first-order chi connectivity index (χ1) is 48.0. The van der Waals surface area contributed by atoms with Crippen molar-refractivity contribution in [3.05, 3.63) is 316 Å². The molecule has 12 aromatic rings. The van der Waals surface area contributed by atoms with E-state index in [0.717, 1.165) is 0 Å². The minimum absolute atomic E-state index is 1.29. The molecule has 0 radical (unpaired) electrons. The Hall–Kier alpha value is -9.78. The molecule has 528 valence electrons. The van der Waals surface area contributed by atoms with E-state index in [0.29, 0.717) is 0 Å². The van der Waals surface area contributed by atoms with Crippen LogP contribution in [0.2, 0.25) is 0 Å². The van der Waals surface area contributed by atoms with Crippen LogP contribution in [-0.4, -0.2) is 0 Å². The van der Waals surface area contributed by atoms with Crippen molar-refractivity contribution < 1.29 is 27.4 Å². The summed E-state index contributed by atoms with van der Waals surface area (Å²) in [5.74, 6) is 0. The highest BCUT2D eigenvalue weighted by atomic mass is 15.0. The fraction of sp³-hybridized carbons (Fsp3) is 0.312. The van der Waals surface area contributed by atoms with E-state index >= 15 is 0 Å². The van der Waals surface area contributed by atoms with Gasteiger partial charge in [0.05, 0.1) is 11.1 Å². The summed E-state index contributed by atoms with van der Waals surface area (Å²) in [6.07, 6.45) is 0. The molecule has 0 N–H and O–H groups in total. The van der Waals surface area contributed by atoms with Gasteiger partial charge in [0.1, 0.15) is 42.3 Å². The first kappa shape index (κ1) is 79.5. The van der Waals surface area contributed by atoms with Crippen molar-refractivity contribution in [3.63, 3.8) is 0 Å². The van der Waals surface area contributed by atoms with Gasteiger partial charge in [-0.1, -0.05) is 108 Å². The molecule has 6 aromatic heterocycles. The van der Waals surface area contributed by atoms with Gasteiger partial charge in [-0.3, -0.25) is 0 Å². The van der Waals surface area contributed by atoms with E-state index in [4.69, 9.17) is 0 Å². The molecule has 12 rings (SSSR count). The lowest BCUT2D eigenvalue weighted by molar-refractivity contribution is -0.667. The van der Waals surface area contributed by atoms with Crippen molar-refractivity contribution in [3.8, 4) is 67.5 Å². The van der Waals surface area contributed by atoms with Crippen LogP contribution in [0.4, 0.5) is 0 Å². The third-order valence-corrected chi connectivity index (χ3v) is 20.6. The predicted molar refractivity (Wildman–Crippen MR) is 432 cm³/mol. The molecule has 0 saturated carbocycles. The van der Waals surface area contributed by atoms with E-state index in [2.05, 4.69) is 418 Å². The molecule has 0 amide bonds. The van der Waals surface area contributed by atoms with Gasteiger partial charge in [0, 0.05) is 136 Å². The van der Waals surface area contributed by atoms with Gasteiger partial charge in [-0.15, -0.1) is 0 Å². The second kappa shape index (κ2) is 34.7. The molecular weight excluding hydrogens is 1240 g/mol. The molecule has 0 aliphatic rings. The van der Waals surface area contributed by atoms with Crippen molar-refractivity contribution in [2.45, 2.75) is 166 Å². The van der Waals surface area contributed by atoms with Crippen LogP contribution in [0.25, 0.3) is 67.5 Å². The molecule has 0 aliphatic heterocycles. The molecule has 6 heterocycles. The van der Waals surface area contributed by atoms with Gasteiger partial charge < -0.3 is 0 Å². The van der Waals surface area contributed by atoms with E-state index in [-0.39, 0.29) is 0 Å². The normalized spacial score (nSPS) is 10.6. The number of aryl methyl sites for hydroxylation is 23. The maximum atomic E-state index is 2.28. The van der Waals surface area contributed by atoms with Crippen molar-refractivity contribution in [1.29, 1.82) is 0 Å². The number of rotatable bonds is 6. The fourth-order valence-electron chi connectivity index (χ4n) is 13.9. The molecular formula is C96H120N6+6. The van der Waals surface area contributed by atoms with Crippen molar-refractivity contribution >= 4 is 0 Å². The maximum absolute atomic E-state index is 2.28. The van der Waals surface area contributed by atoms with Crippen LogP contribution in [0.15, 0.2) is 182 Å². The largest absolute Gasteiger partial charge is 0.215 e. The molecule has 0 atom stereocenters. The second-order valence-electron chi connectivity index (χ2n) is 29.4. The van der Waals surface area contributed by atoms with Crippen LogP contribution in [-0.2, 0) is 42.3 Å². The molecule has 0 unspecified atom stereocenters. The Labute approximate surface area is 616 Å². The molecule has 0 spiro atoms. The van der Waals surface area contributed by atoms with Gasteiger partial charge in [-0.25, -0.2) is 0 Å². The van der Waals surface area contributed by atoms with Crippen LogP contribution < -0.4 is 27.4 Å². The number of nitrogens with zero attached hydrogens (tertiary/aromatic N) is 6. The summed E-state index contributed by atoms with van der Waals surface area (Å²) in [6, 6.07) is 66.1. The SMILES string of the molecule is Cc1cc(C)[n+](C)c(-c2c(C)cccc2C)c1.Cc1cc(C)[n+](C)c(-c2c(C)cccc2C)c1.Cc1ccc(C)c(-c2cc(C)cc(C)[n+]2C)c1.Cc1ccc(C)c(-c2cc(C)cc(C)[n+]2C)c1.Cc1ccc(C)c(-c2cc(C)cc(C)[n+]2C)c1.Cc1ccccc1-c1c(C)c(C)cc(C)[n+]1C. The lowest BCUT2D eigenvalue weighted by Crippen LogP contribution is -2.36. The molecule has 0 aliphatic carbocycles. The van der Waals surface area contributed by atoms with E-state index in [1.807, 2.05) is 0 Å². The number of aromatic nitrogens is 6. The van der Waals surface area contributed by atoms with Crippen LogP contribution in [0, 0.1) is 166 Å². The van der Waals surface area contributed by atoms with Gasteiger partial charge in [0.25, 0.3) is 0 Å². The zero-order valence-corrected chi connectivity index (χ0v) is 68.0. The third-order valence-electron chi connectivity index (χ3n) is 20.6. The Morgan fingerprint density at radius 1 is 0.176 bits per heavy atom. The van der Waals surface area contributed by atoms with E-state index in [9.17, 15) is 0 Å². The molecule has 0 bridgehead atoms. The highest BCUT2D eigenvalue weighted by Gasteiger charge is 2.23. The molecule has 0 fully saturated rings. The van der Waals surface area contributed by atoms with Gasteiger partial charge in [0.15, 0.2) is 34.2 Å². The summed E-state index contributed by atoms with van der Waals surface area (Å²) < 4.78 is 13.6. The first-order valence-corrected chi connectivity index (χ1v) is 36.2. The number of pyridine rings is 6. The highest BCUT2D eigenvalue weighted by Crippen LogP contribution is 2.30. The molecule has 102 heavy (non-hydrogen) atoms. The molecule has 6 heteroatoms. The Balaban J connectivity index is 0.000000172. The Kier molecular flexibility index (Phi) is 27.1. The fourth-order valence-corrected chi connectivity index (χ4v) is 13.9. The number of hydrogen-bond donors (Lipinski definition) is 0. The zero-order chi connectivity index (χ0) is 75.5. The summed E-state index contributed by atoms with van der Waals surface area (Å²) in [7, 11) is 12.8. The van der Waals surface area contributed by atoms with E-state index < -0.39 is 0 Å². The highest BCUT2D eigenvalue weighted by molar-refractivity contribution is 5.69. The van der Waals surface area contributed by atoms with Crippen LogP contribution in [0.5, 0.6) is 0 Å². The minimum Gasteiger partial charge on any atom is -0.199 e. The summed E-state index contributed by atoms with van der Waals surface area (Å²) in [5.41, 5.74) is 47.6. The van der Waals surface area contributed by atoms with Gasteiger partial charge in [0.2, 0.25) is 34.2 Å². The monoisotopic (exact) mass is 1360 g/mol. The minimum atomic E-state index is 1.29. The average molecular weight is 1360 g/mol. The van der Waals surface area contributed by atoms with Crippen LogP contribution in [0.3, 0.4) is 0 Å². The van der Waals surface area contributed by atoms with Crippen molar-refractivity contribution in [1.82, 2.24) is 0 Å². The molecule has 6 aromatic carbocycles. The third kappa shape index (κ3) is 19.4. The quantitative estimate of drug-likeness (QED) is 0.148. The Bertz CT molecular complexity index is 4620. The standard InChI is InChI=1S/6C16H20N/c3*1-11-6-7-13(3)15(9-11)16-10-12(2)8-14(4)17(16)5;2*1-11-9-14(4)17(5)15(10-11)16-12(2)7-6-8-13(16)3;1-11-8-6-7-9-15(11)16-14(4)12(2)10-13(3)17(16)5/h6*6-10H,1-5H3/q6*+1. The van der Waals surface area contributed by atoms with Crippen LogP contribution >= 0.6 is 0 Å². The summed E-state index contributed by atoms with van der Waals surface area (Å²) in [6.45, 7) is 52.0. The topological polar surface area (TPSA) is 23.3 Å². The van der Waals surface area contributed by atoms with E-state index in [1.165, 1.54) is 202 Å². The summed E-state index contributed by atoms with van der Waals surface area (Å²) >= 11 is 0. The number of benzene rings is 6. The first-order valence-electron chi connectivity index (χ1n) is 36.2. The molecule has 0 saturated heterocycles. The van der Waals surface area contributed by atoms with Crippen LogP contribution in [0.1, 0.15) is 134 Å². The molecule has 6 nitrogen and oxygen atoms in total.